The third-order valence-corrected chi connectivity index (χ3v) is 7.72. The van der Waals surface area contributed by atoms with Gasteiger partial charge in [-0.3, -0.25) is 4.90 Å². The van der Waals surface area contributed by atoms with E-state index in [-0.39, 0.29) is 6.10 Å². The van der Waals surface area contributed by atoms with Gasteiger partial charge in [-0.1, -0.05) is 90.8 Å². The number of aromatic nitrogens is 1. The van der Waals surface area contributed by atoms with E-state index < -0.39 is 0 Å². The van der Waals surface area contributed by atoms with Gasteiger partial charge in [0.2, 0.25) is 0 Å². The zero-order valence-corrected chi connectivity index (χ0v) is 22.1. The molecule has 0 N–H and O–H groups in total. The zero-order chi connectivity index (χ0) is 25.5. The minimum atomic E-state index is 0.0368. The van der Waals surface area contributed by atoms with Gasteiger partial charge in [0.15, 0.2) is 6.39 Å². The fourth-order valence-corrected chi connectivity index (χ4v) is 5.79. The second-order valence-corrected chi connectivity index (χ2v) is 10.5. The number of ether oxygens (including phenoxy) is 1. The molecule has 4 heteroatoms. The molecule has 0 aliphatic heterocycles. The minimum absolute atomic E-state index is 0.0368. The summed E-state index contributed by atoms with van der Waals surface area (Å²) in [5.74, 6) is 0.445. The van der Waals surface area contributed by atoms with Crippen molar-refractivity contribution >= 4 is 0 Å². The van der Waals surface area contributed by atoms with E-state index in [4.69, 9.17) is 9.15 Å². The summed E-state index contributed by atoms with van der Waals surface area (Å²) in [5.41, 5.74) is 7.47. The SMILES string of the molecule is Cc1ccc(C)c(C(OCc2cocn2)C2CCCC(N(Cc3ccccc3)Cc3ccccc3)C2)c1. The second kappa shape index (κ2) is 12.4. The first-order chi connectivity index (χ1) is 18.2. The Bertz CT molecular complexity index is 1180. The highest BCUT2D eigenvalue weighted by Crippen LogP contribution is 2.41. The summed E-state index contributed by atoms with van der Waals surface area (Å²) < 4.78 is 11.9. The molecule has 37 heavy (non-hydrogen) atoms. The highest BCUT2D eigenvalue weighted by atomic mass is 16.5. The molecule has 192 valence electrons. The van der Waals surface area contributed by atoms with Crippen LogP contribution in [0, 0.1) is 19.8 Å². The Morgan fingerprint density at radius 1 is 0.919 bits per heavy atom. The highest BCUT2D eigenvalue weighted by Gasteiger charge is 2.33. The predicted octanol–water partition coefficient (Wildman–Crippen LogP) is 7.81. The van der Waals surface area contributed by atoms with Crippen LogP contribution in [0.5, 0.6) is 0 Å². The van der Waals surface area contributed by atoms with Crippen LogP contribution in [0.4, 0.5) is 0 Å². The van der Waals surface area contributed by atoms with E-state index in [1.165, 1.54) is 53.5 Å². The Morgan fingerprint density at radius 2 is 1.62 bits per heavy atom. The number of oxazole rings is 1. The van der Waals surface area contributed by atoms with E-state index in [1.807, 2.05) is 0 Å². The molecule has 3 unspecified atom stereocenters. The normalized spacial score (nSPS) is 18.7. The summed E-state index contributed by atoms with van der Waals surface area (Å²) in [4.78, 5) is 6.99. The Morgan fingerprint density at radius 3 is 2.27 bits per heavy atom. The molecule has 1 heterocycles. The number of hydrogen-bond donors (Lipinski definition) is 0. The van der Waals surface area contributed by atoms with Crippen molar-refractivity contribution in [3.05, 3.63) is 125 Å². The molecule has 1 fully saturated rings. The van der Waals surface area contributed by atoms with Gasteiger partial charge in [0.1, 0.15) is 12.0 Å². The molecule has 1 aromatic heterocycles. The van der Waals surface area contributed by atoms with Crippen molar-refractivity contribution in [2.75, 3.05) is 0 Å². The smallest absolute Gasteiger partial charge is 0.180 e. The van der Waals surface area contributed by atoms with Crippen LogP contribution in [-0.2, 0) is 24.4 Å². The monoisotopic (exact) mass is 494 g/mol. The minimum Gasteiger partial charge on any atom is -0.451 e. The number of rotatable bonds is 10. The van der Waals surface area contributed by atoms with Crippen LogP contribution in [0.25, 0.3) is 0 Å². The maximum atomic E-state index is 6.67. The molecule has 0 bridgehead atoms. The first-order valence-corrected chi connectivity index (χ1v) is 13.5. The maximum absolute atomic E-state index is 6.67. The van der Waals surface area contributed by atoms with Crippen LogP contribution in [0.2, 0.25) is 0 Å². The van der Waals surface area contributed by atoms with Gasteiger partial charge in [-0.25, -0.2) is 4.98 Å². The van der Waals surface area contributed by atoms with Gasteiger partial charge in [-0.05, 0) is 61.3 Å². The van der Waals surface area contributed by atoms with Crippen molar-refractivity contribution in [2.24, 2.45) is 5.92 Å². The topological polar surface area (TPSA) is 38.5 Å². The summed E-state index contributed by atoms with van der Waals surface area (Å²) in [6.45, 7) is 6.76. The van der Waals surface area contributed by atoms with Gasteiger partial charge in [0.05, 0.1) is 12.7 Å². The number of nitrogens with zero attached hydrogens (tertiary/aromatic N) is 2. The van der Waals surface area contributed by atoms with Crippen LogP contribution in [-0.4, -0.2) is 15.9 Å². The quantitative estimate of drug-likeness (QED) is 0.225. The molecule has 0 radical (unpaired) electrons. The first kappa shape index (κ1) is 25.4. The van der Waals surface area contributed by atoms with Gasteiger partial charge in [-0.2, -0.15) is 0 Å². The number of benzene rings is 3. The lowest BCUT2D eigenvalue weighted by Gasteiger charge is -2.40. The molecule has 4 nitrogen and oxygen atoms in total. The third kappa shape index (κ3) is 6.76. The lowest BCUT2D eigenvalue weighted by molar-refractivity contribution is -0.0288. The maximum Gasteiger partial charge on any atom is 0.180 e. The largest absolute Gasteiger partial charge is 0.451 e. The molecule has 0 saturated heterocycles. The van der Waals surface area contributed by atoms with Crippen LogP contribution >= 0.6 is 0 Å². The fourth-order valence-electron chi connectivity index (χ4n) is 5.79. The summed E-state index contributed by atoms with van der Waals surface area (Å²) in [7, 11) is 0. The molecule has 1 saturated carbocycles. The van der Waals surface area contributed by atoms with Gasteiger partial charge < -0.3 is 9.15 Å². The second-order valence-electron chi connectivity index (χ2n) is 10.5. The Balaban J connectivity index is 1.40. The van der Waals surface area contributed by atoms with Crippen molar-refractivity contribution < 1.29 is 9.15 Å². The van der Waals surface area contributed by atoms with Gasteiger partial charge in [-0.15, -0.1) is 0 Å². The molecule has 1 aliphatic carbocycles. The van der Waals surface area contributed by atoms with Crippen LogP contribution in [0.3, 0.4) is 0 Å². The van der Waals surface area contributed by atoms with E-state index in [0.717, 1.165) is 25.2 Å². The Kier molecular flexibility index (Phi) is 8.49. The lowest BCUT2D eigenvalue weighted by Crippen LogP contribution is -2.39. The molecule has 4 aromatic rings. The first-order valence-electron chi connectivity index (χ1n) is 13.5. The van der Waals surface area contributed by atoms with E-state index in [0.29, 0.717) is 18.6 Å². The number of aryl methyl sites for hydroxylation is 2. The van der Waals surface area contributed by atoms with Crippen LogP contribution in [0.1, 0.15) is 65.3 Å². The summed E-state index contributed by atoms with van der Waals surface area (Å²) in [5, 5.41) is 0. The molecule has 5 rings (SSSR count). The zero-order valence-electron chi connectivity index (χ0n) is 22.1. The van der Waals surface area contributed by atoms with Crippen molar-refractivity contribution in [2.45, 2.75) is 71.4 Å². The molecule has 3 aromatic carbocycles. The Labute approximate surface area is 221 Å². The van der Waals surface area contributed by atoms with Crippen molar-refractivity contribution in [1.29, 1.82) is 0 Å². The average Bonchev–Trinajstić information content (AvgIpc) is 3.45. The third-order valence-electron chi connectivity index (χ3n) is 7.72. The summed E-state index contributed by atoms with van der Waals surface area (Å²) >= 11 is 0. The van der Waals surface area contributed by atoms with E-state index in [1.54, 1.807) is 6.26 Å². The van der Waals surface area contributed by atoms with Crippen molar-refractivity contribution in [3.63, 3.8) is 0 Å². The lowest BCUT2D eigenvalue weighted by atomic mass is 9.78. The van der Waals surface area contributed by atoms with Crippen molar-refractivity contribution in [3.8, 4) is 0 Å². The predicted molar refractivity (Wildman–Crippen MR) is 148 cm³/mol. The van der Waals surface area contributed by atoms with E-state index in [2.05, 4.69) is 103 Å². The fraction of sp³-hybridized carbons (Fsp3) is 0.364. The van der Waals surface area contributed by atoms with Crippen LogP contribution in [0.15, 0.2) is 95.9 Å². The van der Waals surface area contributed by atoms with E-state index in [9.17, 15) is 0 Å². The molecular weight excluding hydrogens is 456 g/mol. The summed E-state index contributed by atoms with van der Waals surface area (Å²) in [6, 6.07) is 29.0. The molecule has 0 spiro atoms. The van der Waals surface area contributed by atoms with Crippen LogP contribution < -0.4 is 0 Å². The van der Waals surface area contributed by atoms with Gasteiger partial charge in [0.25, 0.3) is 0 Å². The highest BCUT2D eigenvalue weighted by molar-refractivity contribution is 5.33. The summed E-state index contributed by atoms with van der Waals surface area (Å²) in [6.07, 6.45) is 7.94. The number of hydrogen-bond acceptors (Lipinski definition) is 4. The molecule has 1 aliphatic rings. The van der Waals surface area contributed by atoms with Gasteiger partial charge >= 0.3 is 0 Å². The van der Waals surface area contributed by atoms with Gasteiger partial charge in [0, 0.05) is 19.1 Å². The molecule has 3 atom stereocenters. The Hall–Kier alpha value is -3.21. The average molecular weight is 495 g/mol. The molecule has 0 amide bonds. The molecular formula is C33H38N2O2. The standard InChI is InChI=1S/C33H38N2O2/c1-25-16-17-26(2)32(18-25)33(37-23-30-22-36-24-34-30)29-14-9-15-31(19-29)35(20-27-10-5-3-6-11-27)21-28-12-7-4-8-13-28/h3-8,10-13,16-18,22,24,29,31,33H,9,14-15,19-21,23H2,1-2H3. The van der Waals surface area contributed by atoms with E-state index >= 15 is 0 Å². The van der Waals surface area contributed by atoms with Crippen molar-refractivity contribution in [1.82, 2.24) is 9.88 Å².